The van der Waals surface area contributed by atoms with Crippen molar-refractivity contribution in [2.75, 3.05) is 13.2 Å². The Hall–Kier alpha value is -0.160. The average Bonchev–Trinajstić information content (AvgIpc) is 3.33. The number of fused-ring (bicyclic) bond motifs is 2. The van der Waals surface area contributed by atoms with Crippen molar-refractivity contribution in [1.82, 2.24) is 0 Å². The van der Waals surface area contributed by atoms with Crippen LogP contribution >= 0.6 is 0 Å². The Morgan fingerprint density at radius 3 is 2.37 bits per heavy atom. The Bertz CT molecular complexity index is 499. The van der Waals surface area contributed by atoms with Gasteiger partial charge >= 0.3 is 0 Å². The molecule has 1 spiro atoms. The van der Waals surface area contributed by atoms with Gasteiger partial charge in [0.1, 0.15) is 6.10 Å². The summed E-state index contributed by atoms with van der Waals surface area (Å²) in [5.41, 5.74) is 0. The minimum Gasteiger partial charge on any atom is -0.368 e. The summed E-state index contributed by atoms with van der Waals surface area (Å²) in [4.78, 5) is 0. The normalized spacial score (nSPS) is 41.9. The fraction of sp³-hybridized carbons (Fsp3) is 1.00. The maximum absolute atomic E-state index is 10.8. The van der Waals surface area contributed by atoms with Gasteiger partial charge in [-0.2, -0.15) is 0 Å². The van der Waals surface area contributed by atoms with E-state index >= 15 is 0 Å². The molecular weight excluding hydrogens is 340 g/mol. The summed E-state index contributed by atoms with van der Waals surface area (Å²) in [6.45, 7) is 10.5. The van der Waals surface area contributed by atoms with E-state index in [0.717, 1.165) is 42.9 Å². The lowest BCUT2D eigenvalue weighted by Gasteiger charge is -2.41. The van der Waals surface area contributed by atoms with Crippen LogP contribution in [0.2, 0.25) is 0 Å². The molecule has 0 amide bonds. The van der Waals surface area contributed by atoms with E-state index in [4.69, 9.17) is 14.2 Å². The monoisotopic (exact) mass is 380 g/mol. The van der Waals surface area contributed by atoms with Crippen LogP contribution in [-0.2, 0) is 14.2 Å². The standard InChI is InChI=1S/C23H40O4/c1-14(2)20-16-10-18(21(20)15(3)4)19(11-16)22(24)25-12-17-13-26-23(27-17)8-6-5-7-9-23/h14-22,24H,5-13H2,1-4H3. The van der Waals surface area contributed by atoms with Crippen LogP contribution in [0.15, 0.2) is 0 Å². The van der Waals surface area contributed by atoms with Gasteiger partial charge in [0, 0.05) is 18.8 Å². The van der Waals surface area contributed by atoms with Gasteiger partial charge in [0.2, 0.25) is 0 Å². The predicted molar refractivity (Wildman–Crippen MR) is 105 cm³/mol. The minimum atomic E-state index is -0.652. The molecule has 2 bridgehead atoms. The average molecular weight is 381 g/mol. The Balaban J connectivity index is 1.30. The van der Waals surface area contributed by atoms with Crippen LogP contribution in [0.5, 0.6) is 0 Å². The number of ether oxygens (including phenoxy) is 3. The second kappa shape index (κ2) is 7.93. The van der Waals surface area contributed by atoms with Crippen LogP contribution in [0, 0.1) is 41.4 Å². The Labute approximate surface area is 165 Å². The third-order valence-corrected chi connectivity index (χ3v) is 8.07. The van der Waals surface area contributed by atoms with E-state index in [-0.39, 0.29) is 11.9 Å². The highest BCUT2D eigenvalue weighted by Gasteiger charge is 2.55. The molecule has 0 aromatic rings. The Kier molecular flexibility index (Phi) is 5.91. The van der Waals surface area contributed by atoms with E-state index in [1.165, 1.54) is 25.7 Å². The first-order valence-electron chi connectivity index (χ1n) is 11.5. The molecule has 4 aliphatic rings. The van der Waals surface area contributed by atoms with Crippen molar-refractivity contribution < 1.29 is 19.3 Å². The number of aliphatic hydroxyl groups is 1. The van der Waals surface area contributed by atoms with Crippen LogP contribution in [0.25, 0.3) is 0 Å². The fourth-order valence-corrected chi connectivity index (χ4v) is 7.14. The van der Waals surface area contributed by atoms with Gasteiger partial charge in [-0.05, 0) is 61.2 Å². The molecule has 4 fully saturated rings. The molecule has 1 N–H and O–H groups in total. The molecule has 7 unspecified atom stereocenters. The number of hydrogen-bond acceptors (Lipinski definition) is 4. The van der Waals surface area contributed by atoms with Crippen LogP contribution < -0.4 is 0 Å². The highest BCUT2D eigenvalue weighted by atomic mass is 16.8. The first kappa shape index (κ1) is 20.1. The molecule has 3 aliphatic carbocycles. The van der Waals surface area contributed by atoms with Gasteiger partial charge in [0.15, 0.2) is 12.1 Å². The van der Waals surface area contributed by atoms with E-state index in [9.17, 15) is 5.11 Å². The maximum Gasteiger partial charge on any atom is 0.169 e. The second-order valence-corrected chi connectivity index (χ2v) is 10.4. The van der Waals surface area contributed by atoms with Gasteiger partial charge in [-0.1, -0.05) is 34.1 Å². The summed E-state index contributed by atoms with van der Waals surface area (Å²) >= 11 is 0. The number of aliphatic hydroxyl groups excluding tert-OH is 1. The molecule has 0 aromatic carbocycles. The van der Waals surface area contributed by atoms with Crippen molar-refractivity contribution in [2.24, 2.45) is 41.4 Å². The topological polar surface area (TPSA) is 47.9 Å². The van der Waals surface area contributed by atoms with Gasteiger partial charge in [0.05, 0.1) is 13.2 Å². The number of rotatable bonds is 6. The van der Waals surface area contributed by atoms with Crippen LogP contribution in [0.4, 0.5) is 0 Å². The summed E-state index contributed by atoms with van der Waals surface area (Å²) in [5, 5.41) is 10.8. The summed E-state index contributed by atoms with van der Waals surface area (Å²) in [6.07, 6.45) is 7.40. The van der Waals surface area contributed by atoms with Gasteiger partial charge in [0.25, 0.3) is 0 Å². The molecule has 7 atom stereocenters. The van der Waals surface area contributed by atoms with Gasteiger partial charge in [-0.3, -0.25) is 0 Å². The molecule has 4 nitrogen and oxygen atoms in total. The van der Waals surface area contributed by atoms with Crippen molar-refractivity contribution in [1.29, 1.82) is 0 Å². The molecule has 1 heterocycles. The van der Waals surface area contributed by atoms with Gasteiger partial charge in [-0.25, -0.2) is 0 Å². The largest absolute Gasteiger partial charge is 0.368 e. The summed E-state index contributed by atoms with van der Waals surface area (Å²) < 4.78 is 18.2. The highest BCUT2D eigenvalue weighted by molar-refractivity contribution is 5.03. The smallest absolute Gasteiger partial charge is 0.169 e. The molecule has 27 heavy (non-hydrogen) atoms. The molecule has 4 rings (SSSR count). The summed E-state index contributed by atoms with van der Waals surface area (Å²) in [5.74, 6) is 4.28. The fourth-order valence-electron chi connectivity index (χ4n) is 7.14. The van der Waals surface area contributed by atoms with Crippen molar-refractivity contribution >= 4 is 0 Å². The lowest BCUT2D eigenvalue weighted by Crippen LogP contribution is -2.40. The van der Waals surface area contributed by atoms with Crippen LogP contribution in [-0.4, -0.2) is 36.5 Å². The van der Waals surface area contributed by atoms with Crippen molar-refractivity contribution in [3.8, 4) is 0 Å². The van der Waals surface area contributed by atoms with Gasteiger partial charge in [-0.15, -0.1) is 0 Å². The van der Waals surface area contributed by atoms with E-state index < -0.39 is 6.29 Å². The van der Waals surface area contributed by atoms with E-state index in [0.29, 0.717) is 31.0 Å². The highest BCUT2D eigenvalue weighted by Crippen LogP contribution is 2.60. The first-order valence-corrected chi connectivity index (χ1v) is 11.5. The van der Waals surface area contributed by atoms with Crippen molar-refractivity contribution in [3.63, 3.8) is 0 Å². The number of hydrogen-bond donors (Lipinski definition) is 1. The van der Waals surface area contributed by atoms with Gasteiger partial charge < -0.3 is 19.3 Å². The molecule has 3 saturated carbocycles. The zero-order valence-corrected chi connectivity index (χ0v) is 17.7. The lowest BCUT2D eigenvalue weighted by atomic mass is 9.65. The van der Waals surface area contributed by atoms with E-state index in [2.05, 4.69) is 27.7 Å². The lowest BCUT2D eigenvalue weighted by molar-refractivity contribution is -0.207. The van der Waals surface area contributed by atoms with E-state index in [1.807, 2.05) is 0 Å². The summed E-state index contributed by atoms with van der Waals surface area (Å²) in [6, 6.07) is 0. The molecule has 1 saturated heterocycles. The molecule has 1 aliphatic heterocycles. The summed E-state index contributed by atoms with van der Waals surface area (Å²) in [7, 11) is 0. The quantitative estimate of drug-likeness (QED) is 0.684. The first-order chi connectivity index (χ1) is 12.9. The molecule has 0 aromatic heterocycles. The van der Waals surface area contributed by atoms with Crippen LogP contribution in [0.1, 0.15) is 72.6 Å². The molecule has 0 radical (unpaired) electrons. The molecular formula is C23H40O4. The van der Waals surface area contributed by atoms with Crippen molar-refractivity contribution in [2.45, 2.75) is 90.8 Å². The zero-order chi connectivity index (χ0) is 19.2. The minimum absolute atomic E-state index is 0.0272. The molecule has 156 valence electrons. The zero-order valence-electron chi connectivity index (χ0n) is 17.7. The maximum atomic E-state index is 10.8. The predicted octanol–water partition coefficient (Wildman–Crippen LogP) is 4.60. The van der Waals surface area contributed by atoms with E-state index in [1.54, 1.807) is 0 Å². The Morgan fingerprint density at radius 2 is 1.70 bits per heavy atom. The Morgan fingerprint density at radius 1 is 1.00 bits per heavy atom. The second-order valence-electron chi connectivity index (χ2n) is 10.4. The third kappa shape index (κ3) is 3.84. The SMILES string of the molecule is CC(C)C1C2CC(C(O)OCC3COC4(CCCCC4)O3)C(C2)C1C(C)C. The van der Waals surface area contributed by atoms with Crippen LogP contribution in [0.3, 0.4) is 0 Å². The van der Waals surface area contributed by atoms with Crippen molar-refractivity contribution in [3.05, 3.63) is 0 Å². The molecule has 4 heteroatoms. The third-order valence-electron chi connectivity index (χ3n) is 8.07.